The minimum atomic E-state index is -0.402. The summed E-state index contributed by atoms with van der Waals surface area (Å²) in [7, 11) is 1.59. The molecule has 2 unspecified atom stereocenters. The van der Waals surface area contributed by atoms with Crippen LogP contribution in [0.5, 0.6) is 0 Å². The highest BCUT2D eigenvalue weighted by Gasteiger charge is 2.50. The lowest BCUT2D eigenvalue weighted by Crippen LogP contribution is -2.56. The number of halogens is 1. The predicted molar refractivity (Wildman–Crippen MR) is 86.3 cm³/mol. The minimum absolute atomic E-state index is 0.0665. The minimum Gasteiger partial charge on any atom is -0.369 e. The van der Waals surface area contributed by atoms with Gasteiger partial charge in [-0.1, -0.05) is 49.1 Å². The van der Waals surface area contributed by atoms with Crippen molar-refractivity contribution in [2.75, 3.05) is 7.11 Å². The van der Waals surface area contributed by atoms with Crippen molar-refractivity contribution in [1.29, 1.82) is 0 Å². The van der Waals surface area contributed by atoms with Gasteiger partial charge in [-0.3, -0.25) is 9.10 Å². The van der Waals surface area contributed by atoms with E-state index in [0.29, 0.717) is 10.3 Å². The Morgan fingerprint density at radius 1 is 1.24 bits per heavy atom. The van der Waals surface area contributed by atoms with Crippen molar-refractivity contribution in [2.24, 2.45) is 0 Å². The molecule has 1 aromatic carbocycles. The van der Waals surface area contributed by atoms with E-state index in [4.69, 9.17) is 16.3 Å². The Bertz CT molecular complexity index is 519. The van der Waals surface area contributed by atoms with E-state index < -0.39 is 6.10 Å². The molecule has 0 bridgehead atoms. The second-order valence-electron chi connectivity index (χ2n) is 5.65. The number of amides is 1. The Hall–Kier alpha value is -0.710. The molecule has 1 saturated heterocycles. The van der Waals surface area contributed by atoms with Crippen LogP contribution in [0.2, 0.25) is 5.02 Å². The maximum atomic E-state index is 12.3. The number of hydrogen-bond donors (Lipinski definition) is 0. The molecule has 1 aliphatic heterocycles. The molecule has 2 fully saturated rings. The standard InChI is InChI=1S/C16H20ClNO2S/c1-20-15-14(12-9-5-6-10-13(12)17)18(16(15)19)21-11-7-3-2-4-8-11/h5-6,9-11,14-15H,2-4,7-8H2,1H3. The molecule has 1 aromatic rings. The summed E-state index contributed by atoms with van der Waals surface area (Å²) in [5, 5.41) is 1.25. The molecule has 2 atom stereocenters. The largest absolute Gasteiger partial charge is 0.369 e. The van der Waals surface area contributed by atoms with Crippen LogP contribution in [0.4, 0.5) is 0 Å². The van der Waals surface area contributed by atoms with Gasteiger partial charge in [-0.2, -0.15) is 0 Å². The van der Waals surface area contributed by atoms with E-state index >= 15 is 0 Å². The van der Waals surface area contributed by atoms with E-state index in [1.54, 1.807) is 19.1 Å². The molecule has 5 heteroatoms. The molecule has 3 rings (SSSR count). The van der Waals surface area contributed by atoms with Gasteiger partial charge in [-0.25, -0.2) is 0 Å². The molecule has 1 saturated carbocycles. The number of benzene rings is 1. The third-order valence-electron chi connectivity index (χ3n) is 4.29. The van der Waals surface area contributed by atoms with Crippen LogP contribution < -0.4 is 0 Å². The predicted octanol–water partition coefficient (Wildman–Crippen LogP) is 4.22. The molecule has 0 spiro atoms. The Balaban J connectivity index is 1.78. The normalized spacial score (nSPS) is 26.8. The molecule has 1 aliphatic carbocycles. The van der Waals surface area contributed by atoms with Gasteiger partial charge in [0.15, 0.2) is 6.10 Å². The SMILES string of the molecule is COC1C(=O)N(SC2CCCCC2)C1c1ccccc1Cl. The lowest BCUT2D eigenvalue weighted by molar-refractivity contribution is -0.158. The molecule has 114 valence electrons. The zero-order chi connectivity index (χ0) is 14.8. The Kier molecular flexibility index (Phi) is 4.77. The Morgan fingerprint density at radius 3 is 2.62 bits per heavy atom. The van der Waals surface area contributed by atoms with Crippen LogP contribution in [0.15, 0.2) is 24.3 Å². The zero-order valence-corrected chi connectivity index (χ0v) is 13.7. The molecule has 1 heterocycles. The molecule has 3 nitrogen and oxygen atoms in total. The van der Waals surface area contributed by atoms with Crippen LogP contribution in [0.3, 0.4) is 0 Å². The van der Waals surface area contributed by atoms with Crippen LogP contribution in [-0.2, 0) is 9.53 Å². The fourth-order valence-electron chi connectivity index (χ4n) is 3.12. The van der Waals surface area contributed by atoms with Gasteiger partial charge in [0.05, 0.1) is 0 Å². The summed E-state index contributed by atoms with van der Waals surface area (Å²) < 4.78 is 7.26. The summed E-state index contributed by atoms with van der Waals surface area (Å²) >= 11 is 8.00. The van der Waals surface area contributed by atoms with Gasteiger partial charge in [0.1, 0.15) is 6.04 Å². The first kappa shape index (κ1) is 15.2. The quantitative estimate of drug-likeness (QED) is 0.613. The lowest BCUT2D eigenvalue weighted by Gasteiger charge is -2.47. The fraction of sp³-hybridized carbons (Fsp3) is 0.562. The monoisotopic (exact) mass is 325 g/mol. The third kappa shape index (κ3) is 2.94. The van der Waals surface area contributed by atoms with Crippen molar-refractivity contribution in [3.63, 3.8) is 0 Å². The summed E-state index contributed by atoms with van der Waals surface area (Å²) in [6, 6.07) is 7.66. The summed E-state index contributed by atoms with van der Waals surface area (Å²) in [4.78, 5) is 12.3. The maximum Gasteiger partial charge on any atom is 0.264 e. The molecule has 2 aliphatic rings. The molecule has 0 radical (unpaired) electrons. The van der Waals surface area contributed by atoms with E-state index in [9.17, 15) is 4.79 Å². The van der Waals surface area contributed by atoms with E-state index in [0.717, 1.165) is 5.56 Å². The summed E-state index contributed by atoms with van der Waals surface area (Å²) in [6.45, 7) is 0. The van der Waals surface area contributed by atoms with Crippen LogP contribution >= 0.6 is 23.5 Å². The smallest absolute Gasteiger partial charge is 0.264 e. The summed E-state index contributed by atoms with van der Waals surface area (Å²) in [5.74, 6) is 0.0676. The molecule has 21 heavy (non-hydrogen) atoms. The van der Waals surface area contributed by atoms with E-state index in [-0.39, 0.29) is 11.9 Å². The molecule has 0 N–H and O–H groups in total. The molecule has 0 aromatic heterocycles. The number of β-lactam (4-membered cyclic amide) rings is 1. The number of rotatable bonds is 4. The van der Waals surface area contributed by atoms with Crippen molar-refractivity contribution in [1.82, 2.24) is 4.31 Å². The number of methoxy groups -OCH3 is 1. The van der Waals surface area contributed by atoms with Crippen molar-refractivity contribution in [2.45, 2.75) is 49.5 Å². The fourth-order valence-corrected chi connectivity index (χ4v) is 4.80. The Morgan fingerprint density at radius 2 is 1.95 bits per heavy atom. The van der Waals surface area contributed by atoms with Gasteiger partial charge in [-0.15, -0.1) is 0 Å². The average Bonchev–Trinajstić information content (AvgIpc) is 2.52. The first-order valence-corrected chi connectivity index (χ1v) is 8.71. The van der Waals surface area contributed by atoms with Crippen LogP contribution in [-0.4, -0.2) is 28.7 Å². The van der Waals surface area contributed by atoms with E-state index in [2.05, 4.69) is 0 Å². The highest BCUT2D eigenvalue weighted by Crippen LogP contribution is 2.46. The van der Waals surface area contributed by atoms with Crippen LogP contribution in [0.25, 0.3) is 0 Å². The lowest BCUT2D eigenvalue weighted by atomic mass is 9.94. The highest BCUT2D eigenvalue weighted by molar-refractivity contribution is 7.98. The van der Waals surface area contributed by atoms with E-state index in [1.807, 2.05) is 28.6 Å². The second kappa shape index (κ2) is 6.59. The first-order chi connectivity index (χ1) is 10.2. The van der Waals surface area contributed by atoms with Crippen molar-refractivity contribution >= 4 is 29.5 Å². The number of nitrogens with zero attached hydrogens (tertiary/aromatic N) is 1. The van der Waals surface area contributed by atoms with Crippen molar-refractivity contribution in [3.05, 3.63) is 34.9 Å². The number of carbonyl (C=O) groups is 1. The highest BCUT2D eigenvalue weighted by atomic mass is 35.5. The van der Waals surface area contributed by atoms with Gasteiger partial charge >= 0.3 is 0 Å². The topological polar surface area (TPSA) is 29.5 Å². The average molecular weight is 326 g/mol. The Labute approximate surface area is 135 Å². The van der Waals surface area contributed by atoms with Gasteiger partial charge < -0.3 is 4.74 Å². The zero-order valence-electron chi connectivity index (χ0n) is 12.1. The molecular weight excluding hydrogens is 306 g/mol. The summed E-state index contributed by atoms with van der Waals surface area (Å²) in [6.07, 6.45) is 5.84. The van der Waals surface area contributed by atoms with Gasteiger partial charge in [0.25, 0.3) is 5.91 Å². The van der Waals surface area contributed by atoms with Crippen molar-refractivity contribution < 1.29 is 9.53 Å². The van der Waals surface area contributed by atoms with Crippen LogP contribution in [0.1, 0.15) is 43.7 Å². The molecular formula is C16H20ClNO2S. The second-order valence-corrected chi connectivity index (χ2v) is 7.33. The van der Waals surface area contributed by atoms with E-state index in [1.165, 1.54) is 32.1 Å². The van der Waals surface area contributed by atoms with Crippen LogP contribution in [0, 0.1) is 0 Å². The number of hydrogen-bond acceptors (Lipinski definition) is 3. The summed E-state index contributed by atoms with van der Waals surface area (Å²) in [5.41, 5.74) is 0.980. The van der Waals surface area contributed by atoms with Crippen molar-refractivity contribution in [3.8, 4) is 0 Å². The number of ether oxygens (including phenoxy) is 1. The van der Waals surface area contributed by atoms with Gasteiger partial charge in [0.2, 0.25) is 0 Å². The van der Waals surface area contributed by atoms with Gasteiger partial charge in [-0.05, 0) is 36.4 Å². The van der Waals surface area contributed by atoms with Gasteiger partial charge in [0, 0.05) is 17.4 Å². The number of carbonyl (C=O) groups excluding carboxylic acids is 1. The first-order valence-electron chi connectivity index (χ1n) is 7.49. The molecule has 1 amide bonds. The maximum absolute atomic E-state index is 12.3. The third-order valence-corrected chi connectivity index (χ3v) is 6.04.